The Kier molecular flexibility index (Phi) is 4.95. The third-order valence-electron chi connectivity index (χ3n) is 4.71. The third kappa shape index (κ3) is 3.36. The van der Waals surface area contributed by atoms with Crippen LogP contribution in [0.15, 0.2) is 24.4 Å². The number of hydrogen-bond acceptors (Lipinski definition) is 4. The minimum Gasteiger partial charge on any atom is -0.465 e. The summed E-state index contributed by atoms with van der Waals surface area (Å²) in [6.07, 6.45) is -0.635. The molecule has 3 amide bonds. The van der Waals surface area contributed by atoms with Gasteiger partial charge in [0.1, 0.15) is 0 Å². The fourth-order valence-corrected chi connectivity index (χ4v) is 3.27. The summed E-state index contributed by atoms with van der Waals surface area (Å²) in [7, 11) is 3.31. The summed E-state index contributed by atoms with van der Waals surface area (Å²) in [5, 5.41) is 25.9. The Morgan fingerprint density at radius 2 is 1.93 bits per heavy atom. The summed E-state index contributed by atoms with van der Waals surface area (Å²) >= 11 is 0. The number of aromatic nitrogens is 2. The molecule has 3 N–H and O–H groups in total. The Morgan fingerprint density at radius 3 is 2.54 bits per heavy atom. The second kappa shape index (κ2) is 7.22. The van der Waals surface area contributed by atoms with Crippen molar-refractivity contribution < 1.29 is 24.6 Å². The van der Waals surface area contributed by atoms with Crippen molar-refractivity contribution in [3.63, 3.8) is 0 Å². The van der Waals surface area contributed by atoms with Gasteiger partial charge in [0, 0.05) is 19.7 Å². The van der Waals surface area contributed by atoms with Crippen LogP contribution < -0.4 is 9.80 Å². The first-order valence-electron chi connectivity index (χ1n) is 8.60. The molecule has 3 rings (SSSR count). The number of nitrogens with one attached hydrogen (secondary N) is 1. The smallest absolute Gasteiger partial charge is 0.412 e. The van der Waals surface area contributed by atoms with Crippen molar-refractivity contribution in [2.24, 2.45) is 0 Å². The van der Waals surface area contributed by atoms with E-state index in [-0.39, 0.29) is 24.6 Å². The Bertz CT molecular complexity index is 938. The molecule has 1 atom stereocenters. The molecule has 10 nitrogen and oxygen atoms in total. The molecule has 0 radical (unpaired) electrons. The summed E-state index contributed by atoms with van der Waals surface area (Å²) in [5.74, 6) is -0.110. The first kappa shape index (κ1) is 19.2. The zero-order chi connectivity index (χ0) is 20.6. The molecule has 2 heterocycles. The second-order valence-electron chi connectivity index (χ2n) is 6.83. The van der Waals surface area contributed by atoms with Crippen molar-refractivity contribution in [3.8, 4) is 11.1 Å². The summed E-state index contributed by atoms with van der Waals surface area (Å²) in [4.78, 5) is 39.2. The molecular weight excluding hydrogens is 366 g/mol. The maximum Gasteiger partial charge on any atom is 0.412 e. The molecule has 0 bridgehead atoms. The number of carbonyl (C=O) groups is 3. The first-order valence-corrected chi connectivity index (χ1v) is 8.60. The standard InChI is InChI=1S/C18H21N5O5/c1-10-9-22(17(25)26)15-6-11(4-5-14(15)23(10)18(27)28)12-8-19-20-13(12)7-16(24)21(2)3/h4-6,8,10H,7,9H2,1-3H3,(H,19,20)(H,25,26)(H,27,28)/t10-/m0/s1. The summed E-state index contributed by atoms with van der Waals surface area (Å²) in [6.45, 7) is 1.68. The first-order chi connectivity index (χ1) is 13.2. The number of rotatable bonds is 3. The van der Waals surface area contributed by atoms with E-state index in [2.05, 4.69) is 10.2 Å². The molecule has 1 aliphatic heterocycles. The van der Waals surface area contributed by atoms with Crippen LogP contribution in [0.4, 0.5) is 21.0 Å². The van der Waals surface area contributed by atoms with Gasteiger partial charge in [0.15, 0.2) is 0 Å². The number of carbonyl (C=O) groups excluding carboxylic acids is 1. The lowest BCUT2D eigenvalue weighted by molar-refractivity contribution is -0.128. The van der Waals surface area contributed by atoms with E-state index in [1.165, 1.54) is 4.90 Å². The summed E-state index contributed by atoms with van der Waals surface area (Å²) in [5.41, 5.74) is 2.47. The van der Waals surface area contributed by atoms with Crippen LogP contribution >= 0.6 is 0 Å². The van der Waals surface area contributed by atoms with E-state index in [4.69, 9.17) is 0 Å². The second-order valence-corrected chi connectivity index (χ2v) is 6.83. The number of amides is 3. The van der Waals surface area contributed by atoms with E-state index in [1.54, 1.807) is 45.4 Å². The summed E-state index contributed by atoms with van der Waals surface area (Å²) < 4.78 is 0. The molecule has 0 spiro atoms. The SMILES string of the molecule is C[C@H]1CN(C(=O)O)c2cc(-c3cn[nH]c3CC(=O)N(C)C)ccc2N1C(=O)O. The number of carboxylic acid groups (broad SMARTS) is 2. The predicted molar refractivity (Wildman–Crippen MR) is 102 cm³/mol. The molecule has 0 saturated heterocycles. The van der Waals surface area contributed by atoms with E-state index < -0.39 is 18.2 Å². The molecule has 148 valence electrons. The molecular formula is C18H21N5O5. The number of anilines is 2. The van der Waals surface area contributed by atoms with Crippen LogP contribution in [-0.4, -0.2) is 70.1 Å². The molecule has 2 aromatic rings. The van der Waals surface area contributed by atoms with E-state index in [9.17, 15) is 24.6 Å². The average Bonchev–Trinajstić information content (AvgIpc) is 3.08. The molecule has 28 heavy (non-hydrogen) atoms. The molecule has 1 aromatic heterocycles. The largest absolute Gasteiger partial charge is 0.465 e. The van der Waals surface area contributed by atoms with Crippen molar-refractivity contribution in [1.29, 1.82) is 0 Å². The highest BCUT2D eigenvalue weighted by Gasteiger charge is 2.35. The molecule has 0 unspecified atom stereocenters. The van der Waals surface area contributed by atoms with Crippen LogP contribution in [0.5, 0.6) is 0 Å². The Labute approximate surface area is 161 Å². The van der Waals surface area contributed by atoms with E-state index in [0.29, 0.717) is 22.5 Å². The number of H-pyrrole nitrogens is 1. The molecule has 1 aliphatic rings. The average molecular weight is 387 g/mol. The van der Waals surface area contributed by atoms with E-state index in [1.807, 2.05) is 0 Å². The molecule has 10 heteroatoms. The van der Waals surface area contributed by atoms with Gasteiger partial charge >= 0.3 is 12.2 Å². The van der Waals surface area contributed by atoms with Crippen molar-refractivity contribution in [3.05, 3.63) is 30.1 Å². The maximum atomic E-state index is 12.0. The van der Waals surface area contributed by atoms with Crippen molar-refractivity contribution in [1.82, 2.24) is 15.1 Å². The van der Waals surface area contributed by atoms with E-state index in [0.717, 1.165) is 9.80 Å². The number of benzene rings is 1. The molecule has 0 saturated carbocycles. The molecule has 1 aromatic carbocycles. The Morgan fingerprint density at radius 1 is 1.21 bits per heavy atom. The van der Waals surface area contributed by atoms with Gasteiger partial charge in [-0.1, -0.05) is 6.07 Å². The lowest BCUT2D eigenvalue weighted by Crippen LogP contribution is -2.51. The van der Waals surface area contributed by atoms with Crippen molar-refractivity contribution in [2.75, 3.05) is 30.4 Å². The molecule has 0 aliphatic carbocycles. The van der Waals surface area contributed by atoms with Gasteiger partial charge in [0.25, 0.3) is 0 Å². The number of fused-ring (bicyclic) bond motifs is 1. The number of nitrogens with zero attached hydrogens (tertiary/aromatic N) is 4. The maximum absolute atomic E-state index is 12.0. The Balaban J connectivity index is 2.07. The zero-order valence-electron chi connectivity index (χ0n) is 15.7. The predicted octanol–water partition coefficient (Wildman–Crippen LogP) is 2.08. The van der Waals surface area contributed by atoms with Gasteiger partial charge in [0.2, 0.25) is 5.91 Å². The monoisotopic (exact) mass is 387 g/mol. The van der Waals surface area contributed by atoms with Gasteiger partial charge in [-0.05, 0) is 24.6 Å². The topological polar surface area (TPSA) is 130 Å². The van der Waals surface area contributed by atoms with Gasteiger partial charge in [-0.2, -0.15) is 5.10 Å². The normalized spacial score (nSPS) is 15.9. The fraction of sp³-hybridized carbons (Fsp3) is 0.333. The van der Waals surface area contributed by atoms with Gasteiger partial charge in [0.05, 0.1) is 42.3 Å². The van der Waals surface area contributed by atoms with Gasteiger partial charge in [-0.3, -0.25) is 19.7 Å². The summed E-state index contributed by atoms with van der Waals surface area (Å²) in [6, 6.07) is 4.37. The fourth-order valence-electron chi connectivity index (χ4n) is 3.27. The van der Waals surface area contributed by atoms with Crippen LogP contribution in [0.3, 0.4) is 0 Å². The number of aromatic amines is 1. The minimum atomic E-state index is -1.16. The number of hydrogen-bond donors (Lipinski definition) is 3. The zero-order valence-corrected chi connectivity index (χ0v) is 15.7. The van der Waals surface area contributed by atoms with Crippen LogP contribution in [0.25, 0.3) is 11.1 Å². The lowest BCUT2D eigenvalue weighted by Gasteiger charge is -2.38. The minimum absolute atomic E-state index is 0.0233. The van der Waals surface area contributed by atoms with Crippen LogP contribution in [0.1, 0.15) is 12.6 Å². The number of likely N-dealkylation sites (N-methyl/N-ethyl adjacent to an activating group) is 1. The Hall–Kier alpha value is -3.56. The van der Waals surface area contributed by atoms with Crippen molar-refractivity contribution >= 4 is 29.5 Å². The third-order valence-corrected chi connectivity index (χ3v) is 4.71. The lowest BCUT2D eigenvalue weighted by atomic mass is 10.0. The molecule has 0 fully saturated rings. The van der Waals surface area contributed by atoms with Crippen LogP contribution in [0.2, 0.25) is 0 Å². The van der Waals surface area contributed by atoms with Crippen LogP contribution in [0, 0.1) is 0 Å². The highest BCUT2D eigenvalue weighted by Crippen LogP contribution is 2.39. The van der Waals surface area contributed by atoms with Gasteiger partial charge in [-0.25, -0.2) is 9.59 Å². The highest BCUT2D eigenvalue weighted by molar-refractivity contribution is 6.01. The highest BCUT2D eigenvalue weighted by atomic mass is 16.4. The quantitative estimate of drug-likeness (QED) is 0.739. The van der Waals surface area contributed by atoms with Gasteiger partial charge < -0.3 is 15.1 Å². The van der Waals surface area contributed by atoms with Gasteiger partial charge in [-0.15, -0.1) is 0 Å². The van der Waals surface area contributed by atoms with E-state index >= 15 is 0 Å². The van der Waals surface area contributed by atoms with Crippen LogP contribution in [-0.2, 0) is 11.2 Å². The van der Waals surface area contributed by atoms with Crippen molar-refractivity contribution in [2.45, 2.75) is 19.4 Å².